The van der Waals surface area contributed by atoms with Crippen LogP contribution in [0.15, 0.2) is 65.8 Å². The van der Waals surface area contributed by atoms with Gasteiger partial charge in [0.1, 0.15) is 31.7 Å². The molecule has 2 aliphatic heterocycles. The number of amides is 7. The van der Waals surface area contributed by atoms with Gasteiger partial charge in [-0.2, -0.15) is 0 Å². The molecular weight excluding hydrogens is 1040 g/mol. The monoisotopic (exact) mass is 1120 g/mol. The number of imide groups is 1. The van der Waals surface area contributed by atoms with Crippen LogP contribution in [-0.2, 0) is 71.9 Å². The minimum atomic E-state index is -1.57. The molecule has 1 aliphatic carbocycles. The lowest BCUT2D eigenvalue weighted by Gasteiger charge is -2.40. The Labute approximate surface area is 474 Å². The third-order valence-corrected chi connectivity index (χ3v) is 16.4. The summed E-state index contributed by atoms with van der Waals surface area (Å²) >= 11 is 0. The number of ketones is 1. The number of ether oxygens (including phenoxy) is 3. The van der Waals surface area contributed by atoms with Crippen LogP contribution in [0.2, 0.25) is 0 Å². The molecule has 0 radical (unpaired) electrons. The van der Waals surface area contributed by atoms with Crippen molar-refractivity contribution in [3.63, 3.8) is 0 Å². The van der Waals surface area contributed by atoms with Crippen molar-refractivity contribution in [1.29, 1.82) is 0 Å². The molecule has 3 aromatic rings. The number of cyclic esters (lactones) is 1. The van der Waals surface area contributed by atoms with Gasteiger partial charge in [0.25, 0.3) is 0 Å². The topological polar surface area (TPSA) is 278 Å². The highest BCUT2D eigenvalue weighted by molar-refractivity contribution is 6.04. The SMILES string of the molecule is CCc1c2c(nc3ccc(OCCOCNC(=O)CNC(=O)C(Cc4ccccc4)NC(=O)CNC(=O)CNC(=O)CCCCCN4C(=O)CC(C(CC)(CC)C(C)C)C4=O)cc13)/C(C)=C/C1=C(COC(=O)C1O)C(=O)C(C)C(C)C2. The Balaban J connectivity index is 0.907. The lowest BCUT2D eigenvalue weighted by Crippen LogP contribution is -2.52. The second-order valence-electron chi connectivity index (χ2n) is 21.7. The number of nitrogens with one attached hydrogen (secondary N) is 5. The smallest absolute Gasteiger partial charge is 0.340 e. The maximum atomic E-state index is 13.7. The van der Waals surface area contributed by atoms with Gasteiger partial charge in [-0.05, 0) is 103 Å². The number of carbonyl (C=O) groups is 9. The molecule has 7 amide bonds. The molecule has 81 heavy (non-hydrogen) atoms. The molecule has 5 atom stereocenters. The number of hydrogen-bond acceptors (Lipinski definition) is 14. The van der Waals surface area contributed by atoms with Crippen LogP contribution in [0.25, 0.3) is 16.5 Å². The summed E-state index contributed by atoms with van der Waals surface area (Å²) < 4.78 is 16.8. The molecule has 3 heterocycles. The Bertz CT molecular complexity index is 2880. The summed E-state index contributed by atoms with van der Waals surface area (Å²) in [5.74, 6) is -4.05. The van der Waals surface area contributed by atoms with Crippen LogP contribution in [0.4, 0.5) is 0 Å². The van der Waals surface area contributed by atoms with Gasteiger partial charge in [0.2, 0.25) is 41.4 Å². The van der Waals surface area contributed by atoms with Crippen molar-refractivity contribution in [2.45, 2.75) is 132 Å². The number of rotatable bonds is 27. The van der Waals surface area contributed by atoms with Gasteiger partial charge < -0.3 is 45.9 Å². The fraction of sp³-hybridized carbons (Fsp3) is 0.541. The van der Waals surface area contributed by atoms with E-state index in [0.29, 0.717) is 55.5 Å². The van der Waals surface area contributed by atoms with Crippen molar-refractivity contribution in [1.82, 2.24) is 36.5 Å². The maximum Gasteiger partial charge on any atom is 0.340 e. The molecule has 20 nitrogen and oxygen atoms in total. The molecular formula is C61H81N7O13. The van der Waals surface area contributed by atoms with E-state index in [0.717, 1.165) is 46.1 Å². The van der Waals surface area contributed by atoms with Crippen molar-refractivity contribution in [3.05, 3.63) is 88.1 Å². The molecule has 0 bridgehead atoms. The quantitative estimate of drug-likeness (QED) is 0.0260. The van der Waals surface area contributed by atoms with E-state index in [2.05, 4.69) is 61.2 Å². The molecule has 438 valence electrons. The molecule has 2 aromatic carbocycles. The standard InChI is InChI=1S/C61H81N7O13/c1-9-42-43-29-41(21-22-48(43)67-55-38(7)27-45-46(34-81-60(78)57(45)75)56(74)39(8)37(6)26-44(42)55)80-25-24-79-35-65-52(71)32-64-58(76)49(28-40-18-14-12-15-19-40)66-53(72)33-63-51(70)31-62-50(69)20-16-13-17-23-68-54(73)30-47(59(68)77)61(10-2,11-3)36(4)5/h12,14-15,18-19,21-22,27,29,36-37,39,47,49,57,75H,9-11,13,16-17,20,23-26,28,30-35H2,1-8H3,(H,62,69)(H,63,70)(H,64,76)(H,65,71)(H,66,72)/b38-27+. The van der Waals surface area contributed by atoms with Crippen LogP contribution < -0.4 is 31.3 Å². The molecule has 0 spiro atoms. The molecule has 0 saturated carbocycles. The van der Waals surface area contributed by atoms with E-state index in [-0.39, 0.29) is 105 Å². The van der Waals surface area contributed by atoms with Gasteiger partial charge in [-0.1, -0.05) is 91.3 Å². The summed E-state index contributed by atoms with van der Waals surface area (Å²) in [6, 6.07) is 13.4. The summed E-state index contributed by atoms with van der Waals surface area (Å²) in [5.41, 5.74) is 5.25. The number of aromatic nitrogens is 1. The van der Waals surface area contributed by atoms with Gasteiger partial charge in [0, 0.05) is 48.3 Å². The first kappa shape index (κ1) is 62.9. The zero-order valence-electron chi connectivity index (χ0n) is 48.1. The maximum absolute atomic E-state index is 13.7. The molecule has 5 unspecified atom stereocenters. The van der Waals surface area contributed by atoms with E-state index in [1.807, 2.05) is 39.0 Å². The van der Waals surface area contributed by atoms with Crippen LogP contribution in [0.1, 0.15) is 123 Å². The molecule has 3 aliphatic rings. The van der Waals surface area contributed by atoms with Crippen molar-refractivity contribution in [3.8, 4) is 5.75 Å². The Kier molecular flexibility index (Phi) is 22.8. The number of aryl methyl sites for hydroxylation is 1. The second kappa shape index (κ2) is 29.4. The first-order valence-corrected chi connectivity index (χ1v) is 28.4. The van der Waals surface area contributed by atoms with Crippen LogP contribution in [-0.4, -0.2) is 133 Å². The average Bonchev–Trinajstić information content (AvgIpc) is 4.04. The zero-order chi connectivity index (χ0) is 59.0. The van der Waals surface area contributed by atoms with Crippen molar-refractivity contribution < 1.29 is 62.5 Å². The van der Waals surface area contributed by atoms with E-state index >= 15 is 0 Å². The summed E-state index contributed by atoms with van der Waals surface area (Å²) in [7, 11) is 0. The number of pyridine rings is 1. The molecule has 1 aromatic heterocycles. The second-order valence-corrected chi connectivity index (χ2v) is 21.7. The predicted molar refractivity (Wildman–Crippen MR) is 303 cm³/mol. The third kappa shape index (κ3) is 16.0. The minimum absolute atomic E-state index is 0.0911. The van der Waals surface area contributed by atoms with Crippen molar-refractivity contribution >= 4 is 69.6 Å². The Morgan fingerprint density at radius 2 is 1.53 bits per heavy atom. The number of benzene rings is 2. The van der Waals surface area contributed by atoms with Crippen LogP contribution in [0.3, 0.4) is 0 Å². The Morgan fingerprint density at radius 1 is 0.840 bits per heavy atom. The molecule has 20 heteroatoms. The summed E-state index contributed by atoms with van der Waals surface area (Å²) in [4.78, 5) is 123. The Hall–Kier alpha value is -7.32. The van der Waals surface area contributed by atoms with Gasteiger partial charge in [-0.3, -0.25) is 43.3 Å². The minimum Gasteiger partial charge on any atom is -0.491 e. The fourth-order valence-corrected chi connectivity index (χ4v) is 11.3. The largest absolute Gasteiger partial charge is 0.491 e. The highest BCUT2D eigenvalue weighted by Crippen LogP contribution is 2.47. The van der Waals surface area contributed by atoms with E-state index in [1.165, 1.54) is 4.90 Å². The molecule has 1 saturated heterocycles. The fourth-order valence-electron chi connectivity index (χ4n) is 11.3. The highest BCUT2D eigenvalue weighted by atomic mass is 16.5. The number of fused-ring (bicyclic) bond motifs is 2. The predicted octanol–water partition coefficient (Wildman–Crippen LogP) is 4.76. The van der Waals surface area contributed by atoms with E-state index < -0.39 is 60.8 Å². The first-order valence-electron chi connectivity index (χ1n) is 28.4. The first-order chi connectivity index (χ1) is 38.7. The van der Waals surface area contributed by atoms with Crippen LogP contribution in [0.5, 0.6) is 5.75 Å². The number of hydrogen-bond donors (Lipinski definition) is 6. The number of likely N-dealkylation sites (tertiary alicyclic amines) is 1. The van der Waals surface area contributed by atoms with E-state index in [4.69, 9.17) is 19.2 Å². The molecule has 6 N–H and O–H groups in total. The molecule has 1 fully saturated rings. The number of aliphatic hydroxyl groups is 1. The third-order valence-electron chi connectivity index (χ3n) is 16.4. The van der Waals surface area contributed by atoms with Gasteiger partial charge in [0.05, 0.1) is 43.4 Å². The Morgan fingerprint density at radius 3 is 2.23 bits per heavy atom. The van der Waals surface area contributed by atoms with Gasteiger partial charge in [-0.25, -0.2) is 9.78 Å². The number of Topliss-reactive ketones (excluding diaryl/α,β-unsaturated/α-hetero) is 1. The van der Waals surface area contributed by atoms with Crippen LogP contribution in [0, 0.1) is 29.1 Å². The normalized spacial score (nSPS) is 19.5. The summed E-state index contributed by atoms with van der Waals surface area (Å²) in [5, 5.41) is 24.4. The van der Waals surface area contributed by atoms with E-state index in [9.17, 15) is 48.3 Å². The number of aliphatic hydroxyl groups excluding tert-OH is 1. The zero-order valence-corrected chi connectivity index (χ0v) is 48.1. The van der Waals surface area contributed by atoms with Crippen molar-refractivity contribution in [2.75, 3.05) is 52.7 Å². The number of carbonyl (C=O) groups excluding carboxylic acids is 9. The van der Waals surface area contributed by atoms with Gasteiger partial charge >= 0.3 is 5.97 Å². The number of unbranched alkanes of at least 4 members (excludes halogenated alkanes) is 2. The lowest BCUT2D eigenvalue weighted by molar-refractivity contribution is -0.152. The van der Waals surface area contributed by atoms with Gasteiger partial charge in [-0.15, -0.1) is 0 Å². The van der Waals surface area contributed by atoms with Gasteiger partial charge in [0.15, 0.2) is 11.9 Å². The highest BCUT2D eigenvalue weighted by Gasteiger charge is 2.50. The average molecular weight is 1120 g/mol. The van der Waals surface area contributed by atoms with E-state index in [1.54, 1.807) is 36.4 Å². The number of esters is 1. The van der Waals surface area contributed by atoms with Crippen molar-refractivity contribution in [2.24, 2.45) is 29.1 Å². The molecule has 6 rings (SSSR count). The summed E-state index contributed by atoms with van der Waals surface area (Å²) in [6.07, 6.45) is 5.09. The number of nitrogens with zero attached hydrogens (tertiary/aromatic N) is 2. The number of allylic oxidation sites excluding steroid dienone is 1. The lowest BCUT2D eigenvalue weighted by atomic mass is 9.63. The summed E-state index contributed by atoms with van der Waals surface area (Å²) in [6.45, 7) is 15.1. The van der Waals surface area contributed by atoms with Crippen LogP contribution >= 0.6 is 0 Å².